The van der Waals surface area contributed by atoms with E-state index in [2.05, 4.69) is 27.8 Å². The van der Waals surface area contributed by atoms with Crippen LogP contribution >= 0.6 is 15.9 Å². The first kappa shape index (κ1) is 19.3. The Labute approximate surface area is 160 Å². The Hall–Kier alpha value is -3.04. The zero-order valence-corrected chi connectivity index (χ0v) is 15.7. The maximum atomic E-state index is 12.3. The Balaban J connectivity index is 2.15. The molecule has 1 N–H and O–H groups in total. The van der Waals surface area contributed by atoms with Crippen LogP contribution in [0, 0.1) is 11.3 Å². The van der Waals surface area contributed by atoms with Gasteiger partial charge in [0.15, 0.2) is 0 Å². The van der Waals surface area contributed by atoms with Crippen LogP contribution in [-0.4, -0.2) is 19.6 Å². The minimum absolute atomic E-state index is 0.00696. The molecule has 0 atom stereocenters. The van der Waals surface area contributed by atoms with Crippen LogP contribution in [-0.2, 0) is 4.79 Å². The minimum atomic E-state index is -0.485. The number of carbonyl (C=O) groups is 1. The largest absolute Gasteiger partial charge is 0.497 e. The molecule has 2 aromatic carbocycles. The molecule has 2 rings (SSSR count). The smallest absolute Gasteiger partial charge is 0.266 e. The first-order valence-electron chi connectivity index (χ1n) is 7.68. The van der Waals surface area contributed by atoms with E-state index in [1.54, 1.807) is 55.7 Å². The summed E-state index contributed by atoms with van der Waals surface area (Å²) in [5.74, 6) is 0.853. The van der Waals surface area contributed by atoms with Crippen LogP contribution < -0.4 is 14.8 Å². The number of nitrogens with zero attached hydrogens (tertiary/aromatic N) is 1. The quantitative estimate of drug-likeness (QED) is 0.410. The highest BCUT2D eigenvalue weighted by Crippen LogP contribution is 2.27. The fourth-order valence-corrected chi connectivity index (χ4v) is 2.57. The molecule has 2 aromatic rings. The van der Waals surface area contributed by atoms with E-state index in [-0.39, 0.29) is 5.57 Å². The Kier molecular flexibility index (Phi) is 7.01. The zero-order valence-electron chi connectivity index (χ0n) is 14.2. The Morgan fingerprint density at radius 2 is 2.04 bits per heavy atom. The molecule has 0 saturated heterocycles. The van der Waals surface area contributed by atoms with Gasteiger partial charge in [-0.1, -0.05) is 18.7 Å². The highest BCUT2D eigenvalue weighted by molar-refractivity contribution is 9.10. The second-order valence-electron chi connectivity index (χ2n) is 5.14. The molecule has 132 valence electrons. The summed E-state index contributed by atoms with van der Waals surface area (Å²) in [6.45, 7) is 3.99. The average Bonchev–Trinajstić information content (AvgIpc) is 2.66. The molecule has 0 unspecified atom stereocenters. The van der Waals surface area contributed by atoms with Crippen molar-refractivity contribution in [2.45, 2.75) is 0 Å². The van der Waals surface area contributed by atoms with Crippen LogP contribution in [0.1, 0.15) is 5.56 Å². The van der Waals surface area contributed by atoms with Crippen LogP contribution in [0.4, 0.5) is 5.69 Å². The molecule has 1 amide bonds. The number of benzene rings is 2. The standard InChI is InChI=1S/C20H17BrN2O3/c1-3-10-26-19-9-4-14(12-18(19)21)11-15(13-22)20(24)23-16-5-7-17(25-2)8-6-16/h3-9,11-12H,1,10H2,2H3,(H,23,24)/b15-11-. The molecule has 26 heavy (non-hydrogen) atoms. The number of nitriles is 1. The van der Waals surface area contributed by atoms with Gasteiger partial charge in [-0.25, -0.2) is 0 Å². The van der Waals surface area contributed by atoms with Crippen molar-refractivity contribution >= 4 is 33.6 Å². The lowest BCUT2D eigenvalue weighted by Crippen LogP contribution is -2.13. The van der Waals surface area contributed by atoms with Gasteiger partial charge in [-0.05, 0) is 64.0 Å². The Morgan fingerprint density at radius 3 is 2.62 bits per heavy atom. The van der Waals surface area contributed by atoms with Gasteiger partial charge in [-0.2, -0.15) is 5.26 Å². The summed E-state index contributed by atoms with van der Waals surface area (Å²) in [4.78, 5) is 12.3. The molecule has 0 fully saturated rings. The van der Waals surface area contributed by atoms with Gasteiger partial charge in [0, 0.05) is 5.69 Å². The van der Waals surface area contributed by atoms with Crippen molar-refractivity contribution in [3.05, 3.63) is 70.7 Å². The van der Waals surface area contributed by atoms with E-state index in [1.165, 1.54) is 6.08 Å². The van der Waals surface area contributed by atoms with Gasteiger partial charge in [0.25, 0.3) is 5.91 Å². The summed E-state index contributed by atoms with van der Waals surface area (Å²) < 4.78 is 11.3. The number of ether oxygens (including phenoxy) is 2. The normalized spacial score (nSPS) is 10.6. The van der Waals surface area contributed by atoms with Gasteiger partial charge in [-0.3, -0.25) is 4.79 Å². The Morgan fingerprint density at radius 1 is 1.31 bits per heavy atom. The van der Waals surface area contributed by atoms with Crippen LogP contribution in [0.25, 0.3) is 6.08 Å². The summed E-state index contributed by atoms with van der Waals surface area (Å²) in [7, 11) is 1.57. The topological polar surface area (TPSA) is 71.3 Å². The molecule has 0 aliphatic rings. The number of anilines is 1. The molecule has 6 heteroatoms. The van der Waals surface area contributed by atoms with Gasteiger partial charge in [0.2, 0.25) is 0 Å². The van der Waals surface area contributed by atoms with Crippen LogP contribution in [0.15, 0.2) is 65.2 Å². The molecule has 0 aromatic heterocycles. The number of halogens is 1. The van der Waals surface area contributed by atoms with Gasteiger partial charge in [-0.15, -0.1) is 0 Å². The van der Waals surface area contributed by atoms with Gasteiger partial charge < -0.3 is 14.8 Å². The zero-order chi connectivity index (χ0) is 18.9. The number of carbonyl (C=O) groups excluding carboxylic acids is 1. The molecule has 0 radical (unpaired) electrons. The van der Waals surface area contributed by atoms with Gasteiger partial charge >= 0.3 is 0 Å². The number of hydrogen-bond acceptors (Lipinski definition) is 4. The number of rotatable bonds is 7. The molecule has 0 saturated carbocycles. The van der Waals surface area contributed by atoms with E-state index in [9.17, 15) is 10.1 Å². The maximum Gasteiger partial charge on any atom is 0.266 e. The second-order valence-corrected chi connectivity index (χ2v) is 6.00. The molecular formula is C20H17BrN2O3. The fraction of sp³-hybridized carbons (Fsp3) is 0.100. The second kappa shape index (κ2) is 9.44. The first-order valence-corrected chi connectivity index (χ1v) is 8.47. The van der Waals surface area contributed by atoms with E-state index in [0.717, 1.165) is 4.47 Å². The third kappa shape index (κ3) is 5.23. The average molecular weight is 413 g/mol. The van der Waals surface area contributed by atoms with Gasteiger partial charge in [0.05, 0.1) is 11.6 Å². The molecule has 0 spiro atoms. The van der Waals surface area contributed by atoms with E-state index in [4.69, 9.17) is 9.47 Å². The van der Waals surface area contributed by atoms with Crippen LogP contribution in [0.5, 0.6) is 11.5 Å². The molecule has 0 aliphatic carbocycles. The summed E-state index contributed by atoms with van der Waals surface area (Å²) in [5.41, 5.74) is 1.27. The highest BCUT2D eigenvalue weighted by Gasteiger charge is 2.10. The van der Waals surface area contributed by atoms with Crippen molar-refractivity contribution in [3.63, 3.8) is 0 Å². The lowest BCUT2D eigenvalue weighted by molar-refractivity contribution is -0.112. The van der Waals surface area contributed by atoms with Crippen molar-refractivity contribution in [2.75, 3.05) is 19.0 Å². The summed E-state index contributed by atoms with van der Waals surface area (Å²) in [5, 5.41) is 12.0. The van der Waals surface area contributed by atoms with E-state index in [0.29, 0.717) is 29.4 Å². The maximum absolute atomic E-state index is 12.3. The predicted octanol–water partition coefficient (Wildman–Crippen LogP) is 4.57. The number of amides is 1. The van der Waals surface area contributed by atoms with Crippen molar-refractivity contribution < 1.29 is 14.3 Å². The third-order valence-corrected chi connectivity index (χ3v) is 3.96. The van der Waals surface area contributed by atoms with E-state index < -0.39 is 5.91 Å². The summed E-state index contributed by atoms with van der Waals surface area (Å²) >= 11 is 3.41. The molecule has 5 nitrogen and oxygen atoms in total. The number of methoxy groups -OCH3 is 1. The van der Waals surface area contributed by atoms with Crippen molar-refractivity contribution in [3.8, 4) is 17.6 Å². The van der Waals surface area contributed by atoms with Crippen LogP contribution in [0.3, 0.4) is 0 Å². The van der Waals surface area contributed by atoms with Crippen molar-refractivity contribution in [1.29, 1.82) is 5.26 Å². The lowest BCUT2D eigenvalue weighted by atomic mass is 10.1. The number of hydrogen-bond donors (Lipinski definition) is 1. The predicted molar refractivity (Wildman–Crippen MR) is 105 cm³/mol. The molecule has 0 aliphatic heterocycles. The van der Waals surface area contributed by atoms with Crippen molar-refractivity contribution in [1.82, 2.24) is 0 Å². The molecule has 0 bridgehead atoms. The monoisotopic (exact) mass is 412 g/mol. The summed E-state index contributed by atoms with van der Waals surface area (Å²) in [6.07, 6.45) is 3.17. The number of nitrogens with one attached hydrogen (secondary N) is 1. The fourth-order valence-electron chi connectivity index (χ4n) is 2.06. The lowest BCUT2D eigenvalue weighted by Gasteiger charge is -2.07. The SMILES string of the molecule is C=CCOc1ccc(/C=C(/C#N)C(=O)Nc2ccc(OC)cc2)cc1Br. The minimum Gasteiger partial charge on any atom is -0.497 e. The van der Waals surface area contributed by atoms with E-state index in [1.807, 2.05) is 6.07 Å². The highest BCUT2D eigenvalue weighted by atomic mass is 79.9. The van der Waals surface area contributed by atoms with Crippen molar-refractivity contribution in [2.24, 2.45) is 0 Å². The third-order valence-electron chi connectivity index (χ3n) is 3.34. The first-order chi connectivity index (χ1) is 12.6. The van der Waals surface area contributed by atoms with Crippen LogP contribution in [0.2, 0.25) is 0 Å². The summed E-state index contributed by atoms with van der Waals surface area (Å²) in [6, 6.07) is 14.1. The van der Waals surface area contributed by atoms with E-state index >= 15 is 0 Å². The molecular weight excluding hydrogens is 396 g/mol. The molecule has 0 heterocycles. The Bertz CT molecular complexity index is 868. The van der Waals surface area contributed by atoms with Gasteiger partial charge in [0.1, 0.15) is 29.7 Å².